The van der Waals surface area contributed by atoms with Crippen molar-refractivity contribution >= 4 is 5.97 Å². The van der Waals surface area contributed by atoms with Crippen molar-refractivity contribution in [1.82, 2.24) is 0 Å². The second-order valence-electron chi connectivity index (χ2n) is 4.34. The molecule has 2 unspecified atom stereocenters. The molecule has 6 heteroatoms. The van der Waals surface area contributed by atoms with Gasteiger partial charge in [-0.2, -0.15) is 0 Å². The van der Waals surface area contributed by atoms with Crippen LogP contribution in [0, 0.1) is 0 Å². The molecule has 2 heterocycles. The fourth-order valence-corrected chi connectivity index (χ4v) is 1.85. The first kappa shape index (κ1) is 12.2. The molecule has 0 spiro atoms. The molecule has 0 aromatic carbocycles. The number of rotatable bonds is 3. The van der Waals surface area contributed by atoms with Crippen LogP contribution in [-0.2, 0) is 23.7 Å². The van der Waals surface area contributed by atoms with Crippen molar-refractivity contribution in [1.29, 1.82) is 0 Å². The summed E-state index contributed by atoms with van der Waals surface area (Å²) in [4.78, 5) is 11.4. The van der Waals surface area contributed by atoms with E-state index in [2.05, 4.69) is 0 Å². The Morgan fingerprint density at radius 1 is 1.53 bits per heavy atom. The number of ether oxygens (including phenoxy) is 4. The van der Waals surface area contributed by atoms with Gasteiger partial charge < -0.3 is 24.1 Å². The standard InChI is InChI=1S/C11H16O6/c1-4-14-9-7(12)8(16-10(9)13)6-5-15-11(2,3)17-6/h6,8,12H,4-5H2,1-3H3. The van der Waals surface area contributed by atoms with Crippen LogP contribution < -0.4 is 0 Å². The van der Waals surface area contributed by atoms with Gasteiger partial charge in [-0.05, 0) is 20.8 Å². The van der Waals surface area contributed by atoms with Gasteiger partial charge in [-0.3, -0.25) is 0 Å². The maximum Gasteiger partial charge on any atom is 0.378 e. The molecular formula is C11H16O6. The molecule has 1 saturated heterocycles. The van der Waals surface area contributed by atoms with Crippen LogP contribution >= 0.6 is 0 Å². The topological polar surface area (TPSA) is 74.2 Å². The predicted octanol–water partition coefficient (Wildman–Crippen LogP) is 0.869. The number of esters is 1. The first-order valence-corrected chi connectivity index (χ1v) is 5.53. The van der Waals surface area contributed by atoms with Crippen LogP contribution in [0.2, 0.25) is 0 Å². The molecule has 2 rings (SSSR count). The first-order chi connectivity index (χ1) is 7.94. The quantitative estimate of drug-likeness (QED) is 0.742. The number of aliphatic hydroxyl groups excluding tert-OH is 1. The predicted molar refractivity (Wildman–Crippen MR) is 56.1 cm³/mol. The lowest BCUT2D eigenvalue weighted by Crippen LogP contribution is -2.32. The Labute approximate surface area is 99.1 Å². The Morgan fingerprint density at radius 3 is 2.76 bits per heavy atom. The van der Waals surface area contributed by atoms with E-state index in [4.69, 9.17) is 18.9 Å². The number of cyclic esters (lactones) is 1. The summed E-state index contributed by atoms with van der Waals surface area (Å²) in [7, 11) is 0. The van der Waals surface area contributed by atoms with Gasteiger partial charge in [-0.1, -0.05) is 0 Å². The molecule has 1 N–H and O–H groups in total. The molecule has 0 bridgehead atoms. The number of hydrogen-bond donors (Lipinski definition) is 1. The molecule has 2 aliphatic rings. The smallest absolute Gasteiger partial charge is 0.378 e. The summed E-state index contributed by atoms with van der Waals surface area (Å²) in [5.74, 6) is -1.75. The van der Waals surface area contributed by atoms with Gasteiger partial charge in [-0.15, -0.1) is 0 Å². The zero-order valence-corrected chi connectivity index (χ0v) is 10.1. The fourth-order valence-electron chi connectivity index (χ4n) is 1.85. The van der Waals surface area contributed by atoms with Crippen molar-refractivity contribution in [2.24, 2.45) is 0 Å². The van der Waals surface area contributed by atoms with E-state index in [1.165, 1.54) is 0 Å². The lowest BCUT2D eigenvalue weighted by molar-refractivity contribution is -0.163. The molecule has 0 aromatic rings. The average Bonchev–Trinajstić information content (AvgIpc) is 2.73. The Hall–Kier alpha value is -1.27. The van der Waals surface area contributed by atoms with E-state index in [-0.39, 0.29) is 24.7 Å². The summed E-state index contributed by atoms with van der Waals surface area (Å²) in [6, 6.07) is 0. The van der Waals surface area contributed by atoms with Gasteiger partial charge in [0, 0.05) is 0 Å². The van der Waals surface area contributed by atoms with Gasteiger partial charge in [0.25, 0.3) is 0 Å². The van der Waals surface area contributed by atoms with E-state index < -0.39 is 24.0 Å². The molecular weight excluding hydrogens is 228 g/mol. The van der Waals surface area contributed by atoms with E-state index >= 15 is 0 Å². The fraction of sp³-hybridized carbons (Fsp3) is 0.727. The van der Waals surface area contributed by atoms with Gasteiger partial charge in [0.05, 0.1) is 13.2 Å². The first-order valence-electron chi connectivity index (χ1n) is 5.53. The number of carbonyl (C=O) groups is 1. The van der Waals surface area contributed by atoms with Gasteiger partial charge in [0.1, 0.15) is 6.10 Å². The molecule has 1 fully saturated rings. The lowest BCUT2D eigenvalue weighted by Gasteiger charge is -2.19. The van der Waals surface area contributed by atoms with E-state index in [0.29, 0.717) is 0 Å². The number of aliphatic hydroxyl groups is 1. The second-order valence-corrected chi connectivity index (χ2v) is 4.34. The SMILES string of the molecule is CCOC1=C(O)C(C2COC(C)(C)O2)OC1=O. The molecule has 0 aromatic heterocycles. The van der Waals surface area contributed by atoms with Crippen molar-refractivity contribution in [2.75, 3.05) is 13.2 Å². The summed E-state index contributed by atoms with van der Waals surface area (Å²) >= 11 is 0. The maximum atomic E-state index is 11.4. The van der Waals surface area contributed by atoms with Crippen LogP contribution in [-0.4, -0.2) is 42.3 Å². The van der Waals surface area contributed by atoms with Crippen molar-refractivity contribution in [3.63, 3.8) is 0 Å². The summed E-state index contributed by atoms with van der Waals surface area (Å²) in [6.45, 7) is 5.78. The molecule has 0 amide bonds. The molecule has 0 aliphatic carbocycles. The highest BCUT2D eigenvalue weighted by molar-refractivity contribution is 5.89. The highest BCUT2D eigenvalue weighted by Gasteiger charge is 2.47. The molecule has 6 nitrogen and oxygen atoms in total. The summed E-state index contributed by atoms with van der Waals surface area (Å²) < 4.78 is 20.9. The van der Waals surface area contributed by atoms with Crippen LogP contribution in [0.1, 0.15) is 20.8 Å². The Morgan fingerprint density at radius 2 is 2.24 bits per heavy atom. The Kier molecular flexibility index (Phi) is 3.01. The highest BCUT2D eigenvalue weighted by Crippen LogP contribution is 2.32. The van der Waals surface area contributed by atoms with Crippen LogP contribution in [0.3, 0.4) is 0 Å². The summed E-state index contributed by atoms with van der Waals surface area (Å²) in [5, 5.41) is 9.85. The number of carbonyl (C=O) groups excluding carboxylic acids is 1. The van der Waals surface area contributed by atoms with E-state index in [9.17, 15) is 9.90 Å². The number of hydrogen-bond acceptors (Lipinski definition) is 6. The van der Waals surface area contributed by atoms with Crippen LogP contribution in [0.15, 0.2) is 11.5 Å². The van der Waals surface area contributed by atoms with Gasteiger partial charge >= 0.3 is 5.97 Å². The van der Waals surface area contributed by atoms with Crippen LogP contribution in [0.5, 0.6) is 0 Å². The third kappa shape index (κ3) is 2.23. The van der Waals surface area contributed by atoms with Crippen molar-refractivity contribution in [3.05, 3.63) is 11.5 Å². The van der Waals surface area contributed by atoms with E-state index in [0.717, 1.165) is 0 Å². The van der Waals surface area contributed by atoms with E-state index in [1.807, 2.05) is 0 Å². The van der Waals surface area contributed by atoms with Crippen molar-refractivity contribution in [3.8, 4) is 0 Å². The maximum absolute atomic E-state index is 11.4. The van der Waals surface area contributed by atoms with Gasteiger partial charge in [0.15, 0.2) is 17.7 Å². The van der Waals surface area contributed by atoms with Crippen LogP contribution in [0.25, 0.3) is 0 Å². The minimum absolute atomic E-state index is 0.134. The molecule has 0 saturated carbocycles. The molecule has 96 valence electrons. The molecule has 2 aliphatic heterocycles. The zero-order chi connectivity index (χ0) is 12.6. The lowest BCUT2D eigenvalue weighted by atomic mass is 10.2. The second kappa shape index (κ2) is 4.19. The molecule has 17 heavy (non-hydrogen) atoms. The van der Waals surface area contributed by atoms with Crippen molar-refractivity contribution in [2.45, 2.75) is 38.8 Å². The minimum atomic E-state index is -0.842. The largest absolute Gasteiger partial charge is 0.505 e. The highest BCUT2D eigenvalue weighted by atomic mass is 16.8. The van der Waals surface area contributed by atoms with Crippen LogP contribution in [0.4, 0.5) is 0 Å². The van der Waals surface area contributed by atoms with E-state index in [1.54, 1.807) is 20.8 Å². The van der Waals surface area contributed by atoms with Crippen molar-refractivity contribution < 1.29 is 28.8 Å². The Bertz CT molecular complexity index is 359. The van der Waals surface area contributed by atoms with Gasteiger partial charge in [-0.25, -0.2) is 4.79 Å². The average molecular weight is 244 g/mol. The molecule has 0 radical (unpaired) electrons. The third-order valence-electron chi connectivity index (χ3n) is 2.58. The third-order valence-corrected chi connectivity index (χ3v) is 2.58. The minimum Gasteiger partial charge on any atom is -0.505 e. The molecule has 2 atom stereocenters. The summed E-state index contributed by atoms with van der Waals surface area (Å²) in [6.07, 6.45) is -1.35. The summed E-state index contributed by atoms with van der Waals surface area (Å²) in [5.41, 5.74) is 0. The Balaban J connectivity index is 2.12. The monoisotopic (exact) mass is 244 g/mol. The van der Waals surface area contributed by atoms with Gasteiger partial charge in [0.2, 0.25) is 5.76 Å². The normalized spacial score (nSPS) is 31.8. The zero-order valence-electron chi connectivity index (χ0n) is 10.1.